The third kappa shape index (κ3) is 3.59. The molecule has 2 rings (SSSR count). The zero-order chi connectivity index (χ0) is 15.8. The molecular formula is C14H19FN2O3S. The van der Waals surface area contributed by atoms with Crippen LogP contribution >= 0.6 is 0 Å². The summed E-state index contributed by atoms with van der Waals surface area (Å²) in [7, 11) is -4.05. The Balaban J connectivity index is 2.33. The molecule has 2 unspecified atom stereocenters. The number of piperidine rings is 1. The smallest absolute Gasteiger partial charge is 0.254 e. The van der Waals surface area contributed by atoms with Gasteiger partial charge < -0.3 is 4.90 Å². The predicted octanol–water partition coefficient (Wildman–Crippen LogP) is 1.73. The third-order valence-electron chi connectivity index (χ3n) is 3.85. The van der Waals surface area contributed by atoms with E-state index in [0.717, 1.165) is 31.0 Å². The summed E-state index contributed by atoms with van der Waals surface area (Å²) in [4.78, 5) is 13.7. The second-order valence-corrected chi connectivity index (χ2v) is 7.26. The molecule has 0 aliphatic carbocycles. The predicted molar refractivity (Wildman–Crippen MR) is 76.7 cm³/mol. The Morgan fingerprint density at radius 2 is 2.00 bits per heavy atom. The number of benzene rings is 1. The molecule has 1 aliphatic rings. The van der Waals surface area contributed by atoms with E-state index in [0.29, 0.717) is 12.5 Å². The lowest BCUT2D eigenvalue weighted by Gasteiger charge is -2.36. The highest BCUT2D eigenvalue weighted by Gasteiger charge is 2.28. The molecule has 2 atom stereocenters. The number of hydrogen-bond acceptors (Lipinski definition) is 3. The highest BCUT2D eigenvalue weighted by atomic mass is 32.2. The van der Waals surface area contributed by atoms with Gasteiger partial charge in [0.15, 0.2) is 0 Å². The summed E-state index contributed by atoms with van der Waals surface area (Å²) in [6.45, 7) is 4.65. The van der Waals surface area contributed by atoms with E-state index in [2.05, 4.69) is 6.92 Å². The second-order valence-electron chi connectivity index (χ2n) is 5.70. The molecule has 0 saturated carbocycles. The lowest BCUT2D eigenvalue weighted by molar-refractivity contribution is 0.0588. The molecule has 1 heterocycles. The van der Waals surface area contributed by atoms with E-state index in [9.17, 15) is 17.6 Å². The maximum absolute atomic E-state index is 13.6. The van der Waals surface area contributed by atoms with Crippen LogP contribution in [0.1, 0.15) is 37.0 Å². The van der Waals surface area contributed by atoms with E-state index >= 15 is 0 Å². The number of amides is 1. The Morgan fingerprint density at radius 3 is 2.57 bits per heavy atom. The monoisotopic (exact) mass is 314 g/mol. The molecule has 7 heteroatoms. The molecule has 1 saturated heterocycles. The zero-order valence-electron chi connectivity index (χ0n) is 12.0. The number of primary sulfonamides is 1. The van der Waals surface area contributed by atoms with Crippen molar-refractivity contribution in [3.05, 3.63) is 29.6 Å². The fraction of sp³-hybridized carbons (Fsp3) is 0.500. The van der Waals surface area contributed by atoms with Crippen molar-refractivity contribution < 1.29 is 17.6 Å². The van der Waals surface area contributed by atoms with Crippen molar-refractivity contribution in [1.82, 2.24) is 4.90 Å². The number of carbonyl (C=O) groups is 1. The molecule has 0 aromatic heterocycles. The number of hydrogen-bond donors (Lipinski definition) is 1. The number of sulfonamides is 1. The van der Waals surface area contributed by atoms with Crippen LogP contribution < -0.4 is 5.14 Å². The average molecular weight is 314 g/mol. The van der Waals surface area contributed by atoms with E-state index in [-0.39, 0.29) is 22.4 Å². The highest BCUT2D eigenvalue weighted by molar-refractivity contribution is 7.89. The lowest BCUT2D eigenvalue weighted by Crippen LogP contribution is -2.44. The quantitative estimate of drug-likeness (QED) is 0.902. The first kappa shape index (κ1) is 15.9. The summed E-state index contributed by atoms with van der Waals surface area (Å²) in [5.74, 6) is -0.613. The number of likely N-dealkylation sites (tertiary alicyclic amines) is 1. The highest BCUT2D eigenvalue weighted by Crippen LogP contribution is 2.24. The van der Waals surface area contributed by atoms with Gasteiger partial charge in [0, 0.05) is 18.2 Å². The Labute approximate surface area is 124 Å². The maximum atomic E-state index is 13.6. The van der Waals surface area contributed by atoms with Gasteiger partial charge in [-0.1, -0.05) is 6.92 Å². The molecule has 0 bridgehead atoms. The van der Waals surface area contributed by atoms with E-state index in [1.54, 1.807) is 4.90 Å². The summed E-state index contributed by atoms with van der Waals surface area (Å²) < 4.78 is 36.2. The first-order valence-corrected chi connectivity index (χ1v) is 8.37. The molecular weight excluding hydrogens is 295 g/mol. The summed E-state index contributed by atoms with van der Waals surface area (Å²) in [5, 5.41) is 5.00. The van der Waals surface area contributed by atoms with Crippen LogP contribution in [-0.4, -0.2) is 31.8 Å². The number of halogens is 1. The largest absolute Gasteiger partial charge is 0.336 e. The van der Waals surface area contributed by atoms with Crippen molar-refractivity contribution in [2.24, 2.45) is 11.1 Å². The minimum atomic E-state index is -4.05. The second kappa shape index (κ2) is 5.73. The third-order valence-corrected chi connectivity index (χ3v) is 4.74. The van der Waals surface area contributed by atoms with E-state index in [4.69, 9.17) is 5.14 Å². The standard InChI is InChI=1S/C14H19FN2O3S/c1-9-3-4-17(10(2)5-9)14(18)11-6-12(15)8-13(7-11)21(16,19)20/h6-10H,3-5H2,1-2H3,(H2,16,19,20). The minimum absolute atomic E-state index is 0.0143. The van der Waals surface area contributed by atoms with Crippen LogP contribution in [0.15, 0.2) is 23.1 Å². The van der Waals surface area contributed by atoms with Crippen LogP contribution in [-0.2, 0) is 10.0 Å². The maximum Gasteiger partial charge on any atom is 0.254 e. The van der Waals surface area contributed by atoms with Crippen molar-refractivity contribution in [1.29, 1.82) is 0 Å². The first-order chi connectivity index (χ1) is 9.68. The van der Waals surface area contributed by atoms with Crippen LogP contribution in [0.3, 0.4) is 0 Å². The minimum Gasteiger partial charge on any atom is -0.336 e. The van der Waals surface area contributed by atoms with E-state index < -0.39 is 15.8 Å². The average Bonchev–Trinajstić information content (AvgIpc) is 2.36. The SMILES string of the molecule is CC1CCN(C(=O)c2cc(F)cc(S(N)(=O)=O)c2)C(C)C1. The molecule has 1 amide bonds. The van der Waals surface area contributed by atoms with Gasteiger partial charge in [0.05, 0.1) is 4.90 Å². The molecule has 21 heavy (non-hydrogen) atoms. The van der Waals surface area contributed by atoms with Gasteiger partial charge in [0.25, 0.3) is 5.91 Å². The molecule has 0 spiro atoms. The molecule has 116 valence electrons. The first-order valence-electron chi connectivity index (χ1n) is 6.83. The molecule has 1 aromatic rings. The Kier molecular flexibility index (Phi) is 4.34. The van der Waals surface area contributed by atoms with Gasteiger partial charge in [-0.15, -0.1) is 0 Å². The van der Waals surface area contributed by atoms with Gasteiger partial charge in [-0.25, -0.2) is 17.9 Å². The number of carbonyl (C=O) groups excluding carboxylic acids is 1. The van der Waals surface area contributed by atoms with Crippen molar-refractivity contribution >= 4 is 15.9 Å². The summed E-state index contributed by atoms with van der Waals surface area (Å²) >= 11 is 0. The Morgan fingerprint density at radius 1 is 1.33 bits per heavy atom. The molecule has 1 fully saturated rings. The summed E-state index contributed by atoms with van der Waals surface area (Å²) in [6.07, 6.45) is 1.76. The van der Waals surface area contributed by atoms with E-state index in [1.807, 2.05) is 6.92 Å². The topological polar surface area (TPSA) is 80.5 Å². The number of nitrogens with two attached hydrogens (primary N) is 1. The molecule has 0 radical (unpaired) electrons. The van der Waals surface area contributed by atoms with Crippen molar-refractivity contribution in [3.63, 3.8) is 0 Å². The summed E-state index contributed by atoms with van der Waals surface area (Å²) in [6, 6.07) is 3.03. The van der Waals surface area contributed by atoms with Gasteiger partial charge >= 0.3 is 0 Å². The van der Waals surface area contributed by atoms with Crippen molar-refractivity contribution in [2.45, 2.75) is 37.6 Å². The van der Waals surface area contributed by atoms with Crippen LogP contribution in [0.25, 0.3) is 0 Å². The molecule has 1 aromatic carbocycles. The van der Waals surface area contributed by atoms with E-state index in [1.165, 1.54) is 0 Å². The lowest BCUT2D eigenvalue weighted by atomic mass is 9.93. The van der Waals surface area contributed by atoms with Crippen LogP contribution in [0.2, 0.25) is 0 Å². The van der Waals surface area contributed by atoms with Crippen LogP contribution in [0.4, 0.5) is 4.39 Å². The summed E-state index contributed by atoms with van der Waals surface area (Å²) in [5.41, 5.74) is 0.0143. The molecule has 1 aliphatic heterocycles. The fourth-order valence-electron chi connectivity index (χ4n) is 2.73. The van der Waals surface area contributed by atoms with Crippen molar-refractivity contribution in [2.75, 3.05) is 6.54 Å². The fourth-order valence-corrected chi connectivity index (χ4v) is 3.29. The number of rotatable bonds is 2. The Bertz CT molecular complexity index is 660. The normalized spacial score (nSPS) is 23.1. The Hall–Kier alpha value is -1.47. The van der Waals surface area contributed by atoms with Gasteiger partial charge in [-0.2, -0.15) is 0 Å². The van der Waals surface area contributed by atoms with Crippen LogP contribution in [0, 0.1) is 11.7 Å². The van der Waals surface area contributed by atoms with Gasteiger partial charge in [-0.3, -0.25) is 4.79 Å². The van der Waals surface area contributed by atoms with Gasteiger partial charge in [0.2, 0.25) is 10.0 Å². The van der Waals surface area contributed by atoms with Gasteiger partial charge in [-0.05, 0) is 43.9 Å². The molecule has 5 nitrogen and oxygen atoms in total. The van der Waals surface area contributed by atoms with Crippen molar-refractivity contribution in [3.8, 4) is 0 Å². The zero-order valence-corrected chi connectivity index (χ0v) is 12.9. The van der Waals surface area contributed by atoms with Crippen LogP contribution in [0.5, 0.6) is 0 Å². The molecule has 2 N–H and O–H groups in total. The number of nitrogens with zero attached hydrogens (tertiary/aromatic N) is 1. The van der Waals surface area contributed by atoms with Gasteiger partial charge in [0.1, 0.15) is 5.82 Å².